The molecule has 0 N–H and O–H groups in total. The van der Waals surface area contributed by atoms with E-state index in [0.29, 0.717) is 5.92 Å². The van der Waals surface area contributed by atoms with E-state index in [0.717, 1.165) is 22.8 Å². The van der Waals surface area contributed by atoms with E-state index in [4.69, 9.17) is 9.47 Å². The second-order valence-electron chi connectivity index (χ2n) is 7.01. The van der Waals surface area contributed by atoms with Gasteiger partial charge in [-0.05, 0) is 49.8 Å². The van der Waals surface area contributed by atoms with E-state index in [9.17, 15) is 0 Å². The number of hydrogen-bond donors (Lipinski definition) is 0. The molecule has 112 valence electrons. The van der Waals surface area contributed by atoms with E-state index in [1.165, 1.54) is 36.6 Å². The zero-order chi connectivity index (χ0) is 14.7. The van der Waals surface area contributed by atoms with Crippen LogP contribution in [0.15, 0.2) is 36.4 Å². The summed E-state index contributed by atoms with van der Waals surface area (Å²) in [5, 5.41) is 2.31. The van der Waals surface area contributed by atoms with Crippen LogP contribution in [0.25, 0.3) is 16.8 Å². The summed E-state index contributed by atoms with van der Waals surface area (Å²) in [4.78, 5) is 0. The summed E-state index contributed by atoms with van der Waals surface area (Å²) in [7, 11) is 1.73. The van der Waals surface area contributed by atoms with E-state index in [2.05, 4.69) is 36.4 Å². The van der Waals surface area contributed by atoms with Gasteiger partial charge in [-0.25, -0.2) is 0 Å². The molecular formula is C20H20O2. The van der Waals surface area contributed by atoms with E-state index >= 15 is 0 Å². The number of hydrogen-bond acceptors (Lipinski definition) is 2. The fourth-order valence-electron chi connectivity index (χ4n) is 4.85. The highest BCUT2D eigenvalue weighted by Crippen LogP contribution is 2.55. The minimum atomic E-state index is -0.0483. The van der Waals surface area contributed by atoms with E-state index in [1.54, 1.807) is 7.11 Å². The molecule has 2 saturated carbocycles. The van der Waals surface area contributed by atoms with Crippen LogP contribution in [0.1, 0.15) is 31.2 Å². The summed E-state index contributed by atoms with van der Waals surface area (Å²) < 4.78 is 12.2. The van der Waals surface area contributed by atoms with Crippen molar-refractivity contribution >= 4 is 16.8 Å². The highest BCUT2D eigenvalue weighted by atomic mass is 16.5. The molecule has 1 heterocycles. The number of ether oxygens (including phenoxy) is 2. The monoisotopic (exact) mass is 292 g/mol. The van der Waals surface area contributed by atoms with Crippen molar-refractivity contribution in [2.24, 2.45) is 11.8 Å². The lowest BCUT2D eigenvalue weighted by Gasteiger charge is -2.39. The van der Waals surface area contributed by atoms with Crippen LogP contribution in [0.5, 0.6) is 11.5 Å². The van der Waals surface area contributed by atoms with Crippen LogP contribution in [0.4, 0.5) is 0 Å². The Morgan fingerprint density at radius 3 is 2.86 bits per heavy atom. The van der Waals surface area contributed by atoms with Crippen LogP contribution in [0, 0.1) is 11.8 Å². The first kappa shape index (κ1) is 12.6. The lowest BCUT2D eigenvalue weighted by Crippen LogP contribution is -2.40. The molecule has 2 fully saturated rings. The van der Waals surface area contributed by atoms with Crippen LogP contribution in [-0.2, 0) is 0 Å². The average molecular weight is 292 g/mol. The van der Waals surface area contributed by atoms with Crippen LogP contribution < -0.4 is 9.47 Å². The van der Waals surface area contributed by atoms with E-state index < -0.39 is 0 Å². The second kappa shape index (κ2) is 4.28. The van der Waals surface area contributed by atoms with Gasteiger partial charge in [-0.1, -0.05) is 24.3 Å². The van der Waals surface area contributed by atoms with Crippen molar-refractivity contribution in [1.29, 1.82) is 0 Å². The Hall–Kier alpha value is -1.96. The van der Waals surface area contributed by atoms with Gasteiger partial charge >= 0.3 is 0 Å². The van der Waals surface area contributed by atoms with Crippen molar-refractivity contribution in [3.8, 4) is 11.5 Å². The maximum atomic E-state index is 6.68. The largest absolute Gasteiger partial charge is 0.496 e. The molecular weight excluding hydrogens is 272 g/mol. The molecule has 0 aromatic heterocycles. The Kier molecular flexibility index (Phi) is 2.45. The van der Waals surface area contributed by atoms with Gasteiger partial charge in [0, 0.05) is 22.3 Å². The zero-order valence-electron chi connectivity index (χ0n) is 12.8. The molecule has 1 aliphatic heterocycles. The molecule has 1 spiro atoms. The SMILES string of the molecule is COc1cccc2c3c(ccc12)C=CC1(CC2CCC1C2)O3. The maximum absolute atomic E-state index is 6.68. The van der Waals surface area contributed by atoms with Gasteiger partial charge in [0.1, 0.15) is 17.1 Å². The first-order chi connectivity index (χ1) is 10.8. The highest BCUT2D eigenvalue weighted by Gasteiger charge is 2.52. The van der Waals surface area contributed by atoms with Crippen molar-refractivity contribution in [1.82, 2.24) is 0 Å². The normalized spacial score (nSPS) is 31.5. The molecule has 0 radical (unpaired) electrons. The lowest BCUT2D eigenvalue weighted by molar-refractivity contribution is 0.0596. The lowest BCUT2D eigenvalue weighted by atomic mass is 9.81. The van der Waals surface area contributed by atoms with Gasteiger partial charge in [-0.15, -0.1) is 0 Å². The number of fused-ring (bicyclic) bond motifs is 6. The van der Waals surface area contributed by atoms with Crippen molar-refractivity contribution in [3.05, 3.63) is 42.0 Å². The van der Waals surface area contributed by atoms with Gasteiger partial charge in [-0.2, -0.15) is 0 Å². The molecule has 2 nitrogen and oxygen atoms in total. The zero-order valence-corrected chi connectivity index (χ0v) is 12.8. The Morgan fingerprint density at radius 2 is 2.09 bits per heavy atom. The molecule has 22 heavy (non-hydrogen) atoms. The van der Waals surface area contributed by atoms with E-state index in [1.807, 2.05) is 6.07 Å². The topological polar surface area (TPSA) is 18.5 Å². The molecule has 5 rings (SSSR count). The summed E-state index contributed by atoms with van der Waals surface area (Å²) in [5.41, 5.74) is 1.14. The first-order valence-electron chi connectivity index (χ1n) is 8.27. The standard InChI is InChI=1S/C20H20O2/c1-21-18-4-2-3-17-16(18)8-6-14-9-10-20(22-19(14)17)12-13-5-7-15(20)11-13/h2-4,6,8-10,13,15H,5,7,11-12H2,1H3. The molecule has 2 aliphatic carbocycles. The Morgan fingerprint density at radius 1 is 1.14 bits per heavy atom. The van der Waals surface area contributed by atoms with Gasteiger partial charge in [0.2, 0.25) is 0 Å². The smallest absolute Gasteiger partial charge is 0.135 e. The Bertz CT molecular complexity index is 792. The third-order valence-electron chi connectivity index (χ3n) is 5.90. The van der Waals surface area contributed by atoms with Gasteiger partial charge < -0.3 is 9.47 Å². The molecule has 2 bridgehead atoms. The van der Waals surface area contributed by atoms with Crippen LogP contribution in [-0.4, -0.2) is 12.7 Å². The predicted octanol–water partition coefficient (Wildman–Crippen LogP) is 4.81. The van der Waals surface area contributed by atoms with E-state index in [-0.39, 0.29) is 5.60 Å². The minimum Gasteiger partial charge on any atom is -0.496 e. The van der Waals surface area contributed by atoms with Crippen molar-refractivity contribution in [2.45, 2.75) is 31.3 Å². The molecule has 2 aromatic rings. The fourth-order valence-corrected chi connectivity index (χ4v) is 4.85. The fraction of sp³-hybridized carbons (Fsp3) is 0.400. The summed E-state index contributed by atoms with van der Waals surface area (Å²) in [6.07, 6.45) is 9.85. The van der Waals surface area contributed by atoms with Crippen LogP contribution in [0.2, 0.25) is 0 Å². The summed E-state index contributed by atoms with van der Waals surface area (Å²) >= 11 is 0. The maximum Gasteiger partial charge on any atom is 0.135 e. The average Bonchev–Trinajstić information content (AvgIpc) is 3.15. The number of rotatable bonds is 1. The van der Waals surface area contributed by atoms with Gasteiger partial charge in [0.05, 0.1) is 7.11 Å². The third kappa shape index (κ3) is 1.55. The predicted molar refractivity (Wildman–Crippen MR) is 88.3 cm³/mol. The van der Waals surface area contributed by atoms with Gasteiger partial charge in [0.25, 0.3) is 0 Å². The van der Waals surface area contributed by atoms with Crippen LogP contribution in [0.3, 0.4) is 0 Å². The molecule has 3 atom stereocenters. The summed E-state index contributed by atoms with van der Waals surface area (Å²) in [6, 6.07) is 10.5. The quantitative estimate of drug-likeness (QED) is 0.750. The second-order valence-corrected chi connectivity index (χ2v) is 7.01. The molecule has 2 heteroatoms. The number of methoxy groups -OCH3 is 1. The van der Waals surface area contributed by atoms with Gasteiger partial charge in [-0.3, -0.25) is 0 Å². The number of benzene rings is 2. The Balaban J connectivity index is 1.68. The van der Waals surface area contributed by atoms with Crippen molar-refractivity contribution in [3.63, 3.8) is 0 Å². The molecule has 2 aromatic carbocycles. The highest BCUT2D eigenvalue weighted by molar-refractivity contribution is 5.96. The minimum absolute atomic E-state index is 0.0483. The summed E-state index contributed by atoms with van der Waals surface area (Å²) in [5.74, 6) is 3.52. The third-order valence-corrected chi connectivity index (χ3v) is 5.90. The molecule has 3 unspecified atom stereocenters. The molecule has 0 amide bonds. The summed E-state index contributed by atoms with van der Waals surface area (Å²) in [6.45, 7) is 0. The molecule has 0 saturated heterocycles. The first-order valence-corrected chi connectivity index (χ1v) is 8.27. The molecule has 3 aliphatic rings. The van der Waals surface area contributed by atoms with Crippen molar-refractivity contribution in [2.75, 3.05) is 7.11 Å². The Labute approximate surface area is 130 Å². The van der Waals surface area contributed by atoms with Crippen molar-refractivity contribution < 1.29 is 9.47 Å². The van der Waals surface area contributed by atoms with Crippen LogP contribution >= 0.6 is 0 Å². The van der Waals surface area contributed by atoms with Gasteiger partial charge in [0.15, 0.2) is 0 Å².